The molecular formula is C18H16ClN5O2S. The van der Waals surface area contributed by atoms with Gasteiger partial charge in [-0.2, -0.15) is 0 Å². The predicted molar refractivity (Wildman–Crippen MR) is 105 cm³/mol. The summed E-state index contributed by atoms with van der Waals surface area (Å²) in [5, 5.41) is 3.96. The molecule has 4 heterocycles. The summed E-state index contributed by atoms with van der Waals surface area (Å²) in [7, 11) is 0. The van der Waals surface area contributed by atoms with Gasteiger partial charge in [0.05, 0.1) is 38.4 Å². The number of nitrogens with zero attached hydrogens (tertiary/aromatic N) is 3. The van der Waals surface area contributed by atoms with Gasteiger partial charge in [0.1, 0.15) is 0 Å². The molecule has 0 saturated heterocycles. The van der Waals surface area contributed by atoms with E-state index in [1.54, 1.807) is 17.3 Å². The van der Waals surface area contributed by atoms with Crippen LogP contribution in [0.1, 0.15) is 16.1 Å². The van der Waals surface area contributed by atoms with Crippen LogP contribution in [-0.4, -0.2) is 32.9 Å². The van der Waals surface area contributed by atoms with Gasteiger partial charge in [-0.1, -0.05) is 17.7 Å². The monoisotopic (exact) mass is 401 g/mol. The van der Waals surface area contributed by atoms with Gasteiger partial charge in [0.15, 0.2) is 0 Å². The molecule has 3 aromatic heterocycles. The fourth-order valence-corrected chi connectivity index (χ4v) is 4.28. The van der Waals surface area contributed by atoms with Crippen molar-refractivity contribution in [3.63, 3.8) is 0 Å². The zero-order valence-electron chi connectivity index (χ0n) is 14.2. The van der Waals surface area contributed by atoms with Crippen molar-refractivity contribution in [2.45, 2.75) is 13.1 Å². The summed E-state index contributed by atoms with van der Waals surface area (Å²) in [5.74, 6) is -0.589. The molecule has 0 unspecified atom stereocenters. The first-order valence-electron chi connectivity index (χ1n) is 8.27. The Morgan fingerprint density at radius 3 is 2.81 bits per heavy atom. The minimum absolute atomic E-state index is 0.233. The second-order valence-electron chi connectivity index (χ2n) is 6.09. The smallest absolute Gasteiger partial charge is 0.322 e. The zero-order valence-corrected chi connectivity index (χ0v) is 15.8. The zero-order chi connectivity index (χ0) is 19.0. The Balaban J connectivity index is 1.49. The number of nitrogens with two attached hydrogens (primary N) is 1. The molecule has 7 nitrogen and oxygen atoms in total. The summed E-state index contributed by atoms with van der Waals surface area (Å²) in [5.41, 5.74) is 7.23. The number of primary amides is 1. The maximum Gasteiger partial charge on any atom is 0.322 e. The molecule has 0 aromatic carbocycles. The van der Waals surface area contributed by atoms with Gasteiger partial charge >= 0.3 is 6.03 Å². The molecule has 4 rings (SSSR count). The first kappa shape index (κ1) is 17.6. The number of hydrogen-bond donors (Lipinski definition) is 2. The third-order valence-corrected chi connectivity index (χ3v) is 5.69. The van der Waals surface area contributed by atoms with E-state index in [2.05, 4.69) is 10.3 Å². The number of fused-ring (bicyclic) bond motifs is 1. The number of carbonyl (C=O) groups is 2. The molecule has 0 fully saturated rings. The van der Waals surface area contributed by atoms with Crippen molar-refractivity contribution in [2.75, 3.05) is 11.9 Å². The van der Waals surface area contributed by atoms with Crippen LogP contribution in [0.15, 0.2) is 42.7 Å². The lowest BCUT2D eigenvalue weighted by Crippen LogP contribution is -2.41. The Labute approximate surface area is 164 Å². The highest BCUT2D eigenvalue weighted by Crippen LogP contribution is 2.31. The molecule has 1 aliphatic rings. The van der Waals surface area contributed by atoms with Crippen molar-refractivity contribution in [1.82, 2.24) is 14.5 Å². The van der Waals surface area contributed by atoms with Crippen molar-refractivity contribution in [3.05, 3.63) is 59.0 Å². The second-order valence-corrected chi connectivity index (χ2v) is 7.58. The van der Waals surface area contributed by atoms with Gasteiger partial charge in [-0.15, -0.1) is 11.3 Å². The van der Waals surface area contributed by atoms with E-state index in [4.69, 9.17) is 17.3 Å². The predicted octanol–water partition coefficient (Wildman–Crippen LogP) is 3.41. The summed E-state index contributed by atoms with van der Waals surface area (Å²) >= 11 is 7.56. The van der Waals surface area contributed by atoms with Crippen molar-refractivity contribution < 1.29 is 9.59 Å². The van der Waals surface area contributed by atoms with E-state index in [-0.39, 0.29) is 18.1 Å². The summed E-state index contributed by atoms with van der Waals surface area (Å²) in [6, 6.07) is 9.25. The minimum atomic E-state index is -0.589. The van der Waals surface area contributed by atoms with Gasteiger partial charge in [-0.05, 0) is 24.3 Å². The van der Waals surface area contributed by atoms with Crippen LogP contribution in [0.5, 0.6) is 0 Å². The van der Waals surface area contributed by atoms with E-state index in [0.29, 0.717) is 23.8 Å². The Kier molecular flexibility index (Phi) is 4.59. The Morgan fingerprint density at radius 2 is 2.07 bits per heavy atom. The number of pyridine rings is 1. The molecule has 0 aliphatic carbocycles. The maximum atomic E-state index is 12.7. The van der Waals surface area contributed by atoms with Crippen LogP contribution < -0.4 is 11.1 Å². The van der Waals surface area contributed by atoms with Crippen LogP contribution in [0.3, 0.4) is 0 Å². The van der Waals surface area contributed by atoms with Gasteiger partial charge in [0, 0.05) is 25.5 Å². The van der Waals surface area contributed by atoms with E-state index in [0.717, 1.165) is 15.6 Å². The summed E-state index contributed by atoms with van der Waals surface area (Å²) < 4.78 is 1.87. The fourth-order valence-electron chi connectivity index (χ4n) is 3.09. The van der Waals surface area contributed by atoms with Crippen LogP contribution >= 0.6 is 22.9 Å². The summed E-state index contributed by atoms with van der Waals surface area (Å²) in [4.78, 5) is 31.2. The molecule has 1 aliphatic heterocycles. The number of halogens is 1. The number of urea groups is 1. The number of aromatic nitrogens is 2. The molecule has 9 heteroatoms. The van der Waals surface area contributed by atoms with Crippen LogP contribution in [0.25, 0.3) is 10.6 Å². The first-order valence-corrected chi connectivity index (χ1v) is 9.47. The number of anilines is 1. The SMILES string of the molecule is NC(=O)c1c(Cl)cn2c1CN(C(=O)Nc1ccc(-c3ccccn3)s1)CC2. The Hall–Kier alpha value is -2.84. The highest BCUT2D eigenvalue weighted by molar-refractivity contribution is 7.19. The average molecular weight is 402 g/mol. The second kappa shape index (κ2) is 7.05. The highest BCUT2D eigenvalue weighted by Gasteiger charge is 2.27. The number of thiophene rings is 1. The number of amides is 3. The number of nitrogens with one attached hydrogen (secondary N) is 1. The van der Waals surface area contributed by atoms with Gasteiger partial charge < -0.3 is 15.2 Å². The first-order chi connectivity index (χ1) is 13.0. The molecule has 27 heavy (non-hydrogen) atoms. The third kappa shape index (κ3) is 3.41. The molecule has 0 spiro atoms. The fraction of sp³-hybridized carbons (Fsp3) is 0.167. The highest BCUT2D eigenvalue weighted by atomic mass is 35.5. The lowest BCUT2D eigenvalue weighted by molar-refractivity contribution is 0.0997. The summed E-state index contributed by atoms with van der Waals surface area (Å²) in [6.07, 6.45) is 3.42. The molecule has 138 valence electrons. The van der Waals surface area contributed by atoms with E-state index in [1.807, 2.05) is 34.9 Å². The number of carbonyl (C=O) groups excluding carboxylic acids is 2. The molecule has 0 atom stereocenters. The van der Waals surface area contributed by atoms with Gasteiger partial charge in [-0.25, -0.2) is 4.79 Å². The normalized spacial score (nSPS) is 13.3. The van der Waals surface area contributed by atoms with Crippen LogP contribution in [0, 0.1) is 0 Å². The van der Waals surface area contributed by atoms with E-state index in [1.165, 1.54) is 11.3 Å². The molecule has 3 aromatic rings. The van der Waals surface area contributed by atoms with Crippen molar-refractivity contribution in [1.29, 1.82) is 0 Å². The van der Waals surface area contributed by atoms with Crippen LogP contribution in [-0.2, 0) is 13.1 Å². The third-order valence-electron chi connectivity index (χ3n) is 4.38. The minimum Gasteiger partial charge on any atom is -0.365 e. The van der Waals surface area contributed by atoms with Crippen molar-refractivity contribution >= 4 is 39.9 Å². The van der Waals surface area contributed by atoms with Crippen molar-refractivity contribution in [2.24, 2.45) is 5.73 Å². The molecule has 0 radical (unpaired) electrons. The average Bonchev–Trinajstić information content (AvgIpc) is 3.25. The van der Waals surface area contributed by atoms with Gasteiger partial charge in [-0.3, -0.25) is 15.1 Å². The quantitative estimate of drug-likeness (QED) is 0.704. The van der Waals surface area contributed by atoms with Crippen LogP contribution in [0.4, 0.5) is 9.80 Å². The van der Waals surface area contributed by atoms with Gasteiger partial charge in [0.25, 0.3) is 5.91 Å². The Bertz CT molecular complexity index is 1010. The van der Waals surface area contributed by atoms with Crippen LogP contribution in [0.2, 0.25) is 5.02 Å². The molecule has 3 N–H and O–H groups in total. The topological polar surface area (TPSA) is 93.3 Å². The molecule has 0 bridgehead atoms. The van der Waals surface area contributed by atoms with E-state index < -0.39 is 5.91 Å². The number of rotatable bonds is 3. The van der Waals surface area contributed by atoms with Crippen molar-refractivity contribution in [3.8, 4) is 10.6 Å². The maximum absolute atomic E-state index is 12.7. The lowest BCUT2D eigenvalue weighted by atomic mass is 10.2. The van der Waals surface area contributed by atoms with E-state index in [9.17, 15) is 9.59 Å². The van der Waals surface area contributed by atoms with E-state index >= 15 is 0 Å². The van der Waals surface area contributed by atoms with Gasteiger partial charge in [0.2, 0.25) is 0 Å². The standard InChI is InChI=1S/C18H16ClN5O2S/c19-11-9-23-7-8-24(10-13(23)16(11)17(20)25)18(26)22-15-5-4-14(27-15)12-3-1-2-6-21-12/h1-6,9H,7-8,10H2,(H2,20,25)(H,22,26). The molecule has 3 amide bonds. The lowest BCUT2D eigenvalue weighted by Gasteiger charge is -2.29. The molecule has 0 saturated carbocycles. The molecular weight excluding hydrogens is 386 g/mol. The number of hydrogen-bond acceptors (Lipinski definition) is 4. The Morgan fingerprint density at radius 1 is 1.22 bits per heavy atom. The largest absolute Gasteiger partial charge is 0.365 e. The summed E-state index contributed by atoms with van der Waals surface area (Å²) in [6.45, 7) is 1.34.